The van der Waals surface area contributed by atoms with E-state index in [1.165, 1.54) is 17.7 Å². The molecule has 0 aliphatic carbocycles. The van der Waals surface area contributed by atoms with Crippen LogP contribution in [0.3, 0.4) is 0 Å². The Kier molecular flexibility index (Phi) is 9.40. The predicted octanol–water partition coefficient (Wildman–Crippen LogP) is 3.47. The van der Waals surface area contributed by atoms with E-state index in [4.69, 9.17) is 0 Å². The van der Waals surface area contributed by atoms with Crippen molar-refractivity contribution in [2.45, 2.75) is 24.2 Å². The van der Waals surface area contributed by atoms with Gasteiger partial charge in [0.2, 0.25) is 5.91 Å². The van der Waals surface area contributed by atoms with Crippen LogP contribution in [0.2, 0.25) is 0 Å². The third-order valence-corrected chi connectivity index (χ3v) is 5.44. The SMILES string of the molecule is Cl.O=C(CCSc1ccccc1Br)NCC1CCCNC1. The van der Waals surface area contributed by atoms with Gasteiger partial charge in [0.15, 0.2) is 0 Å². The number of nitrogens with one attached hydrogen (secondary N) is 2. The average molecular weight is 394 g/mol. The van der Waals surface area contributed by atoms with Gasteiger partial charge in [0.05, 0.1) is 0 Å². The number of halogens is 2. The first-order valence-corrected chi connectivity index (χ1v) is 8.88. The second-order valence-corrected chi connectivity index (χ2v) is 7.04. The van der Waals surface area contributed by atoms with Crippen molar-refractivity contribution in [1.29, 1.82) is 0 Å². The number of hydrogen-bond acceptors (Lipinski definition) is 3. The molecule has 1 aliphatic heterocycles. The van der Waals surface area contributed by atoms with E-state index in [2.05, 4.69) is 32.6 Å². The molecule has 1 saturated heterocycles. The Morgan fingerprint density at radius 3 is 2.95 bits per heavy atom. The summed E-state index contributed by atoms with van der Waals surface area (Å²) in [6.07, 6.45) is 3.02. The Morgan fingerprint density at radius 2 is 2.24 bits per heavy atom. The van der Waals surface area contributed by atoms with E-state index in [1.807, 2.05) is 18.2 Å². The Bertz CT molecular complexity index is 441. The summed E-state index contributed by atoms with van der Waals surface area (Å²) in [5.74, 6) is 1.58. The monoisotopic (exact) mass is 392 g/mol. The first-order chi connectivity index (χ1) is 9.75. The largest absolute Gasteiger partial charge is 0.356 e. The molecule has 0 spiro atoms. The molecule has 0 radical (unpaired) electrons. The lowest BCUT2D eigenvalue weighted by molar-refractivity contribution is -0.120. The average Bonchev–Trinajstić information content (AvgIpc) is 2.48. The van der Waals surface area contributed by atoms with Gasteiger partial charge >= 0.3 is 0 Å². The molecular weight excluding hydrogens is 372 g/mol. The minimum atomic E-state index is 0. The molecule has 1 unspecified atom stereocenters. The third-order valence-electron chi connectivity index (χ3n) is 3.41. The van der Waals surface area contributed by atoms with E-state index in [-0.39, 0.29) is 18.3 Å². The normalized spacial score (nSPS) is 17.9. The molecule has 118 valence electrons. The third kappa shape index (κ3) is 7.04. The highest BCUT2D eigenvalue weighted by Gasteiger charge is 2.13. The van der Waals surface area contributed by atoms with Crippen molar-refractivity contribution in [3.8, 4) is 0 Å². The molecule has 1 fully saturated rings. The maximum atomic E-state index is 11.8. The topological polar surface area (TPSA) is 41.1 Å². The van der Waals surface area contributed by atoms with Crippen molar-refractivity contribution < 1.29 is 4.79 Å². The van der Waals surface area contributed by atoms with Gasteiger partial charge < -0.3 is 10.6 Å². The molecule has 0 aromatic heterocycles. The van der Waals surface area contributed by atoms with Gasteiger partial charge in [0.25, 0.3) is 0 Å². The first-order valence-electron chi connectivity index (χ1n) is 7.10. The number of carbonyl (C=O) groups excluding carboxylic acids is 1. The summed E-state index contributed by atoms with van der Waals surface area (Å²) in [6, 6.07) is 8.11. The predicted molar refractivity (Wildman–Crippen MR) is 95.3 cm³/mol. The van der Waals surface area contributed by atoms with E-state index in [0.29, 0.717) is 12.3 Å². The fraction of sp³-hybridized carbons (Fsp3) is 0.533. The van der Waals surface area contributed by atoms with Gasteiger partial charge in [0, 0.05) is 28.1 Å². The van der Waals surface area contributed by atoms with Crippen LogP contribution < -0.4 is 10.6 Å². The second kappa shape index (κ2) is 10.5. The Hall–Kier alpha value is -0.230. The quantitative estimate of drug-likeness (QED) is 0.727. The standard InChI is InChI=1S/C15H21BrN2OS.ClH/c16-13-5-1-2-6-14(13)20-9-7-15(19)18-11-12-4-3-8-17-10-12;/h1-2,5-6,12,17H,3-4,7-11H2,(H,18,19);1H. The molecule has 2 N–H and O–H groups in total. The molecule has 1 atom stereocenters. The molecule has 1 aromatic carbocycles. The maximum Gasteiger partial charge on any atom is 0.220 e. The van der Waals surface area contributed by atoms with E-state index >= 15 is 0 Å². The minimum Gasteiger partial charge on any atom is -0.356 e. The van der Waals surface area contributed by atoms with Crippen LogP contribution in [0.4, 0.5) is 0 Å². The van der Waals surface area contributed by atoms with Crippen molar-refractivity contribution in [2.24, 2.45) is 5.92 Å². The summed E-state index contributed by atoms with van der Waals surface area (Å²) in [4.78, 5) is 13.0. The Balaban J connectivity index is 0.00000220. The molecule has 1 heterocycles. The van der Waals surface area contributed by atoms with Crippen LogP contribution in [-0.4, -0.2) is 31.3 Å². The van der Waals surface area contributed by atoms with Crippen LogP contribution in [0.5, 0.6) is 0 Å². The number of hydrogen-bond donors (Lipinski definition) is 2. The lowest BCUT2D eigenvalue weighted by Crippen LogP contribution is -2.38. The fourth-order valence-corrected chi connectivity index (χ4v) is 3.78. The van der Waals surface area contributed by atoms with E-state index in [1.54, 1.807) is 11.8 Å². The smallest absolute Gasteiger partial charge is 0.220 e. The molecule has 1 aromatic rings. The van der Waals surface area contributed by atoms with Gasteiger partial charge in [-0.05, 0) is 59.9 Å². The lowest BCUT2D eigenvalue weighted by atomic mass is 10.00. The Morgan fingerprint density at radius 1 is 1.43 bits per heavy atom. The second-order valence-electron chi connectivity index (χ2n) is 5.05. The van der Waals surface area contributed by atoms with Crippen molar-refractivity contribution >= 4 is 46.0 Å². The summed E-state index contributed by atoms with van der Waals surface area (Å²) in [5, 5.41) is 6.42. The number of thioether (sulfide) groups is 1. The minimum absolute atomic E-state index is 0. The molecule has 1 amide bonds. The molecule has 21 heavy (non-hydrogen) atoms. The zero-order valence-electron chi connectivity index (χ0n) is 11.9. The van der Waals surface area contributed by atoms with Crippen molar-refractivity contribution in [3.05, 3.63) is 28.7 Å². The highest BCUT2D eigenvalue weighted by atomic mass is 79.9. The van der Waals surface area contributed by atoms with Gasteiger partial charge in [-0.15, -0.1) is 24.2 Å². The number of piperidine rings is 1. The van der Waals surface area contributed by atoms with Crippen molar-refractivity contribution in [1.82, 2.24) is 10.6 Å². The highest BCUT2D eigenvalue weighted by Crippen LogP contribution is 2.27. The van der Waals surface area contributed by atoms with E-state index < -0.39 is 0 Å². The summed E-state index contributed by atoms with van der Waals surface area (Å²) in [5.41, 5.74) is 0. The van der Waals surface area contributed by atoms with Crippen molar-refractivity contribution in [3.63, 3.8) is 0 Å². The zero-order valence-corrected chi connectivity index (χ0v) is 15.2. The lowest BCUT2D eigenvalue weighted by Gasteiger charge is -2.22. The molecule has 0 saturated carbocycles. The molecule has 3 nitrogen and oxygen atoms in total. The van der Waals surface area contributed by atoms with Crippen LogP contribution >= 0.6 is 40.1 Å². The van der Waals surface area contributed by atoms with Crippen LogP contribution in [0, 0.1) is 5.92 Å². The van der Waals surface area contributed by atoms with E-state index in [0.717, 1.165) is 29.9 Å². The fourth-order valence-electron chi connectivity index (χ4n) is 2.26. The van der Waals surface area contributed by atoms with Crippen molar-refractivity contribution in [2.75, 3.05) is 25.4 Å². The number of benzene rings is 1. The summed E-state index contributed by atoms with van der Waals surface area (Å²) >= 11 is 5.23. The van der Waals surface area contributed by atoms with Crippen LogP contribution in [0.25, 0.3) is 0 Å². The van der Waals surface area contributed by atoms with Gasteiger partial charge in [-0.25, -0.2) is 0 Å². The summed E-state index contributed by atoms with van der Waals surface area (Å²) in [7, 11) is 0. The maximum absolute atomic E-state index is 11.8. The number of rotatable bonds is 6. The van der Waals surface area contributed by atoms with Gasteiger partial charge in [0.1, 0.15) is 0 Å². The number of carbonyl (C=O) groups is 1. The molecule has 6 heteroatoms. The molecule has 1 aliphatic rings. The van der Waals surface area contributed by atoms with Crippen LogP contribution in [-0.2, 0) is 4.79 Å². The summed E-state index contributed by atoms with van der Waals surface area (Å²) < 4.78 is 1.10. The Labute approximate surface area is 145 Å². The summed E-state index contributed by atoms with van der Waals surface area (Å²) in [6.45, 7) is 2.96. The van der Waals surface area contributed by atoms with Gasteiger partial charge in [-0.3, -0.25) is 4.79 Å². The van der Waals surface area contributed by atoms with Gasteiger partial charge in [-0.2, -0.15) is 0 Å². The van der Waals surface area contributed by atoms with Gasteiger partial charge in [-0.1, -0.05) is 12.1 Å². The molecule has 0 bridgehead atoms. The van der Waals surface area contributed by atoms with Crippen LogP contribution in [0.15, 0.2) is 33.6 Å². The number of amides is 1. The zero-order chi connectivity index (χ0) is 14.2. The highest BCUT2D eigenvalue weighted by molar-refractivity contribution is 9.10. The first kappa shape index (κ1) is 18.8. The molecule has 2 rings (SSSR count). The van der Waals surface area contributed by atoms with E-state index in [9.17, 15) is 4.79 Å². The molecular formula is C15H22BrClN2OS. The van der Waals surface area contributed by atoms with Crippen LogP contribution in [0.1, 0.15) is 19.3 Å².